The Morgan fingerprint density at radius 1 is 1.18 bits per heavy atom. The maximum absolute atomic E-state index is 13.1. The summed E-state index contributed by atoms with van der Waals surface area (Å²) in [6.07, 6.45) is 5.73. The lowest BCUT2D eigenvalue weighted by molar-refractivity contribution is -0.139. The Labute approximate surface area is 195 Å². The van der Waals surface area contributed by atoms with Crippen LogP contribution in [0.5, 0.6) is 0 Å². The molecule has 0 spiro atoms. The van der Waals surface area contributed by atoms with Crippen molar-refractivity contribution in [3.63, 3.8) is 0 Å². The van der Waals surface area contributed by atoms with Crippen molar-refractivity contribution in [2.75, 3.05) is 23.7 Å². The zero-order chi connectivity index (χ0) is 23.8. The molecule has 1 atom stereocenters. The number of nitrogens with one attached hydrogen (secondary N) is 1. The fraction of sp³-hybridized carbons (Fsp3) is 0.217. The van der Waals surface area contributed by atoms with Gasteiger partial charge in [-0.25, -0.2) is 9.59 Å². The highest BCUT2D eigenvalue weighted by Crippen LogP contribution is 2.30. The normalized spacial score (nSPS) is 13.4. The molecule has 1 aliphatic heterocycles. The van der Waals surface area contributed by atoms with Crippen molar-refractivity contribution in [3.05, 3.63) is 66.4 Å². The van der Waals surface area contributed by atoms with Crippen LogP contribution in [0.15, 0.2) is 65.8 Å². The quantitative estimate of drug-likeness (QED) is 0.514. The molecule has 9 nitrogen and oxygen atoms in total. The molecule has 2 aromatic carbocycles. The summed E-state index contributed by atoms with van der Waals surface area (Å²) < 4.78 is 0. The molecule has 2 amide bonds. The predicted octanol–water partition coefficient (Wildman–Crippen LogP) is 3.55. The van der Waals surface area contributed by atoms with Crippen LogP contribution in [-0.2, 0) is 4.79 Å². The summed E-state index contributed by atoms with van der Waals surface area (Å²) in [4.78, 5) is 40.8. The van der Waals surface area contributed by atoms with Gasteiger partial charge in [0.15, 0.2) is 0 Å². The Morgan fingerprint density at radius 2 is 1.94 bits per heavy atom. The molecule has 0 radical (unpaired) electrons. The van der Waals surface area contributed by atoms with E-state index in [1.54, 1.807) is 48.8 Å². The lowest BCUT2D eigenvalue weighted by atomic mass is 9.98. The van der Waals surface area contributed by atoms with Gasteiger partial charge in [-0.2, -0.15) is 16.8 Å². The second-order valence-corrected chi connectivity index (χ2v) is 8.08. The van der Waals surface area contributed by atoms with Gasteiger partial charge in [0.05, 0.1) is 5.69 Å². The summed E-state index contributed by atoms with van der Waals surface area (Å²) >= 11 is 1.50. The Bertz CT molecular complexity index is 1070. The van der Waals surface area contributed by atoms with Crippen molar-refractivity contribution in [1.82, 2.24) is 10.3 Å². The topological polar surface area (TPSA) is 123 Å². The number of nitrogens with zero attached hydrogens (tertiary/aromatic N) is 3. The molecule has 1 heterocycles. The molecule has 3 rings (SSSR count). The molecule has 0 aliphatic carbocycles. The van der Waals surface area contributed by atoms with Gasteiger partial charge in [0.1, 0.15) is 12.7 Å². The Morgan fingerprint density at radius 3 is 2.55 bits per heavy atom. The van der Waals surface area contributed by atoms with E-state index < -0.39 is 24.0 Å². The van der Waals surface area contributed by atoms with Crippen LogP contribution in [0.1, 0.15) is 16.8 Å². The molecule has 0 unspecified atom stereocenters. The van der Waals surface area contributed by atoms with Gasteiger partial charge in [-0.05, 0) is 53.8 Å². The third kappa shape index (κ3) is 5.92. The summed E-state index contributed by atoms with van der Waals surface area (Å²) in [7, 11) is 0. The van der Waals surface area contributed by atoms with Crippen LogP contribution < -0.4 is 10.3 Å². The number of thioether (sulfide) groups is 1. The average Bonchev–Trinajstić information content (AvgIpc) is 2.82. The van der Waals surface area contributed by atoms with Crippen LogP contribution in [0, 0.1) is 0 Å². The Balaban J connectivity index is 2.01. The van der Waals surface area contributed by atoms with Crippen molar-refractivity contribution in [2.45, 2.75) is 12.5 Å². The molecule has 10 heteroatoms. The lowest BCUT2D eigenvalue weighted by Crippen LogP contribution is -2.44. The van der Waals surface area contributed by atoms with Gasteiger partial charge in [-0.3, -0.25) is 14.8 Å². The predicted molar refractivity (Wildman–Crippen MR) is 129 cm³/mol. The number of hydrogen-bond donors (Lipinski definition) is 3. The second-order valence-electron chi connectivity index (χ2n) is 7.09. The number of rotatable bonds is 9. The van der Waals surface area contributed by atoms with Gasteiger partial charge in [-0.1, -0.05) is 30.3 Å². The summed E-state index contributed by atoms with van der Waals surface area (Å²) in [5, 5.41) is 24.4. The molecule has 172 valence electrons. The van der Waals surface area contributed by atoms with E-state index in [2.05, 4.69) is 10.3 Å². The highest BCUT2D eigenvalue weighted by atomic mass is 32.2. The molecular formula is C23H24N4O5S. The van der Waals surface area contributed by atoms with E-state index in [1.807, 2.05) is 12.3 Å². The highest BCUT2D eigenvalue weighted by Gasteiger charge is 2.25. The molecule has 33 heavy (non-hydrogen) atoms. The number of anilines is 1. The number of carbonyl (C=O) groups is 3. The zero-order valence-corrected chi connectivity index (χ0v) is 18.7. The van der Waals surface area contributed by atoms with E-state index >= 15 is 0 Å². The molecule has 0 bridgehead atoms. The minimum Gasteiger partial charge on any atom is -0.480 e. The molecule has 2 aromatic rings. The molecule has 0 saturated carbocycles. The summed E-state index contributed by atoms with van der Waals surface area (Å²) in [5.41, 5.74) is 1.74. The van der Waals surface area contributed by atoms with Crippen molar-refractivity contribution in [3.8, 4) is 11.1 Å². The number of carbonyl (C=O) groups excluding carboxylic acids is 1. The zero-order valence-electron chi connectivity index (χ0n) is 17.9. The minimum atomic E-state index is -1.21. The third-order valence-corrected chi connectivity index (χ3v) is 5.55. The van der Waals surface area contributed by atoms with Gasteiger partial charge in [0.25, 0.3) is 5.91 Å². The summed E-state index contributed by atoms with van der Waals surface area (Å²) in [6.45, 7) is 0.126. The first-order valence-corrected chi connectivity index (χ1v) is 11.5. The van der Waals surface area contributed by atoms with Crippen molar-refractivity contribution in [2.24, 2.45) is 4.99 Å². The fourth-order valence-electron chi connectivity index (χ4n) is 3.32. The largest absolute Gasteiger partial charge is 0.480 e. The number of hydrogen-bond acceptors (Lipinski definition) is 6. The number of allylic oxidation sites excluding steroid dienone is 1. The number of hydrazine groups is 1. The molecule has 3 N–H and O–H groups in total. The molecule has 1 aliphatic rings. The van der Waals surface area contributed by atoms with Crippen LogP contribution in [0.3, 0.4) is 0 Å². The first-order valence-electron chi connectivity index (χ1n) is 10.1. The first kappa shape index (κ1) is 23.9. The molecule has 0 aromatic heterocycles. The second kappa shape index (κ2) is 11.2. The minimum absolute atomic E-state index is 0.126. The maximum Gasteiger partial charge on any atom is 0.431 e. The van der Waals surface area contributed by atoms with E-state index in [4.69, 9.17) is 0 Å². The number of benzene rings is 2. The smallest absolute Gasteiger partial charge is 0.431 e. The molecular weight excluding hydrogens is 444 g/mol. The fourth-order valence-corrected chi connectivity index (χ4v) is 3.79. The number of aliphatic carboxylic acids is 1. The number of amides is 2. The van der Waals surface area contributed by atoms with E-state index in [0.29, 0.717) is 22.6 Å². The van der Waals surface area contributed by atoms with E-state index in [-0.39, 0.29) is 18.7 Å². The van der Waals surface area contributed by atoms with Gasteiger partial charge < -0.3 is 15.5 Å². The van der Waals surface area contributed by atoms with Crippen LogP contribution in [-0.4, -0.2) is 64.1 Å². The van der Waals surface area contributed by atoms with E-state index in [9.17, 15) is 24.6 Å². The standard InChI is InChI=1S/C23H24N4O5S/c1-33-13-10-20(22(29)30)25-21(28)18-9-8-17(14-19(18)16-6-3-2-4-7-16)27(23(31)32)26-12-5-11-24-15-26/h2-9,11-12,14,20H,10,13,15H2,1H3,(H,25,28)(H,29,30)(H,31,32)/t20-/m0/s1. The molecule has 0 fully saturated rings. The number of carboxylic acids is 1. The van der Waals surface area contributed by atoms with Crippen LogP contribution in [0.25, 0.3) is 11.1 Å². The Kier molecular flexibility index (Phi) is 8.09. The Hall–Kier alpha value is -3.79. The van der Waals surface area contributed by atoms with E-state index in [0.717, 1.165) is 5.01 Å². The first-order chi connectivity index (χ1) is 15.9. The summed E-state index contributed by atoms with van der Waals surface area (Å²) in [5.74, 6) is -1.07. The van der Waals surface area contributed by atoms with Gasteiger partial charge >= 0.3 is 12.1 Å². The van der Waals surface area contributed by atoms with Gasteiger partial charge in [0.2, 0.25) is 0 Å². The van der Waals surface area contributed by atoms with Crippen molar-refractivity contribution >= 4 is 41.6 Å². The van der Waals surface area contributed by atoms with Crippen molar-refractivity contribution < 1.29 is 24.6 Å². The van der Waals surface area contributed by atoms with Crippen LogP contribution in [0.2, 0.25) is 0 Å². The number of aliphatic imine (C=N–C) groups is 1. The van der Waals surface area contributed by atoms with Gasteiger partial charge in [-0.15, -0.1) is 0 Å². The maximum atomic E-state index is 13.1. The van der Waals surface area contributed by atoms with Crippen molar-refractivity contribution in [1.29, 1.82) is 0 Å². The van der Waals surface area contributed by atoms with E-state index in [1.165, 1.54) is 28.9 Å². The van der Waals surface area contributed by atoms with Crippen LogP contribution in [0.4, 0.5) is 10.5 Å². The lowest BCUT2D eigenvalue weighted by Gasteiger charge is -2.31. The average molecular weight is 469 g/mol. The SMILES string of the molecule is CSCC[C@H](NC(=O)c1ccc(N(C(=O)O)N2C=CC=NC2)cc1-c1ccccc1)C(=O)O. The number of carboxylic acid groups (broad SMARTS) is 2. The monoisotopic (exact) mass is 468 g/mol. The highest BCUT2D eigenvalue weighted by molar-refractivity contribution is 7.98. The van der Waals surface area contributed by atoms with Crippen LogP contribution >= 0.6 is 11.8 Å². The third-order valence-electron chi connectivity index (χ3n) is 4.91. The van der Waals surface area contributed by atoms with Gasteiger partial charge in [0, 0.05) is 18.0 Å². The summed E-state index contributed by atoms with van der Waals surface area (Å²) in [6, 6.07) is 12.6. The molecule has 0 saturated heterocycles.